The maximum atomic E-state index is 13.1. The lowest BCUT2D eigenvalue weighted by Crippen LogP contribution is -2.21. The molecule has 6 heteroatoms. The van der Waals surface area contributed by atoms with Crippen LogP contribution < -0.4 is 15.2 Å². The minimum Gasteiger partial charge on any atom is -0.496 e. The molecule has 118 valence electrons. The monoisotopic (exact) mass is 300 g/mol. The largest absolute Gasteiger partial charge is 0.496 e. The van der Waals surface area contributed by atoms with Crippen LogP contribution in [0.3, 0.4) is 0 Å². The van der Waals surface area contributed by atoms with E-state index in [1.807, 2.05) is 7.05 Å². The van der Waals surface area contributed by atoms with Crippen LogP contribution in [0.25, 0.3) is 0 Å². The Morgan fingerprint density at radius 3 is 2.43 bits per heavy atom. The first-order chi connectivity index (χ1) is 10.0. The zero-order chi connectivity index (χ0) is 15.6. The number of methoxy groups -OCH3 is 2. The maximum Gasteiger partial charge on any atom is 0.267 e. The second-order valence-electron chi connectivity index (χ2n) is 5.43. The zero-order valence-corrected chi connectivity index (χ0v) is 12.6. The molecular weight excluding hydrogens is 278 g/mol. The number of alkyl halides is 2. The van der Waals surface area contributed by atoms with E-state index in [0.29, 0.717) is 18.2 Å². The standard InChI is InChI=1S/C15H22F2N2O2/c1-19-8-9(7-18)4-12(19)10-5-14(21-3)11(15(16)17)6-13(10)20-2/h5-6,9,12,15H,4,7-8,18H2,1-3H3. The van der Waals surface area contributed by atoms with Crippen molar-refractivity contribution in [3.05, 3.63) is 23.3 Å². The van der Waals surface area contributed by atoms with E-state index in [2.05, 4.69) is 4.90 Å². The highest BCUT2D eigenvalue weighted by Crippen LogP contribution is 2.43. The van der Waals surface area contributed by atoms with Gasteiger partial charge in [-0.3, -0.25) is 4.90 Å². The molecule has 2 N–H and O–H groups in total. The molecule has 2 atom stereocenters. The molecular formula is C15H22F2N2O2. The average Bonchev–Trinajstić information content (AvgIpc) is 2.86. The van der Waals surface area contributed by atoms with Gasteiger partial charge in [0.2, 0.25) is 0 Å². The molecule has 1 aromatic rings. The van der Waals surface area contributed by atoms with Crippen LogP contribution in [0.4, 0.5) is 8.78 Å². The van der Waals surface area contributed by atoms with E-state index >= 15 is 0 Å². The Hall–Kier alpha value is -1.40. The first-order valence-electron chi connectivity index (χ1n) is 6.96. The number of nitrogens with two attached hydrogens (primary N) is 1. The van der Waals surface area contributed by atoms with Crippen LogP contribution in [0.5, 0.6) is 11.5 Å². The van der Waals surface area contributed by atoms with Crippen molar-refractivity contribution in [3.63, 3.8) is 0 Å². The highest BCUT2D eigenvalue weighted by atomic mass is 19.3. The lowest BCUT2D eigenvalue weighted by Gasteiger charge is -2.23. The predicted molar refractivity (Wildman–Crippen MR) is 77.0 cm³/mol. The molecule has 2 unspecified atom stereocenters. The van der Waals surface area contributed by atoms with Gasteiger partial charge in [-0.2, -0.15) is 0 Å². The summed E-state index contributed by atoms with van der Waals surface area (Å²) in [6.07, 6.45) is -1.71. The average molecular weight is 300 g/mol. The summed E-state index contributed by atoms with van der Waals surface area (Å²) in [5.74, 6) is 1.08. The molecule has 0 amide bonds. The number of rotatable bonds is 5. The van der Waals surface area contributed by atoms with Gasteiger partial charge in [0.15, 0.2) is 0 Å². The molecule has 0 radical (unpaired) electrons. The van der Waals surface area contributed by atoms with Crippen LogP contribution in [-0.4, -0.2) is 39.3 Å². The summed E-state index contributed by atoms with van der Waals surface area (Å²) in [6.45, 7) is 1.51. The molecule has 0 saturated carbocycles. The summed E-state index contributed by atoms with van der Waals surface area (Å²) in [7, 11) is 4.90. The second kappa shape index (κ2) is 6.58. The first kappa shape index (κ1) is 16.0. The molecule has 1 aromatic carbocycles. The number of hydrogen-bond acceptors (Lipinski definition) is 4. The Labute approximate surface area is 123 Å². The van der Waals surface area contributed by atoms with Crippen molar-refractivity contribution in [1.82, 2.24) is 4.90 Å². The smallest absolute Gasteiger partial charge is 0.267 e. The van der Waals surface area contributed by atoms with Crippen LogP contribution in [0.15, 0.2) is 12.1 Å². The quantitative estimate of drug-likeness (QED) is 0.908. The highest BCUT2D eigenvalue weighted by Gasteiger charge is 2.33. The topological polar surface area (TPSA) is 47.7 Å². The lowest BCUT2D eigenvalue weighted by molar-refractivity contribution is 0.146. The van der Waals surface area contributed by atoms with E-state index in [1.165, 1.54) is 20.3 Å². The van der Waals surface area contributed by atoms with Crippen LogP contribution >= 0.6 is 0 Å². The van der Waals surface area contributed by atoms with Crippen molar-refractivity contribution < 1.29 is 18.3 Å². The Morgan fingerprint density at radius 1 is 1.29 bits per heavy atom. The van der Waals surface area contributed by atoms with Crippen molar-refractivity contribution in [3.8, 4) is 11.5 Å². The summed E-state index contributed by atoms with van der Waals surface area (Å²) in [5, 5.41) is 0. The molecule has 2 rings (SSSR count). The lowest BCUT2D eigenvalue weighted by atomic mass is 9.97. The van der Waals surface area contributed by atoms with E-state index in [1.54, 1.807) is 6.07 Å². The van der Waals surface area contributed by atoms with Gasteiger partial charge in [-0.15, -0.1) is 0 Å². The molecule has 1 heterocycles. The Morgan fingerprint density at radius 2 is 1.95 bits per heavy atom. The fourth-order valence-electron chi connectivity index (χ4n) is 3.02. The Kier molecular flexibility index (Phi) is 5.00. The summed E-state index contributed by atoms with van der Waals surface area (Å²) in [6, 6.07) is 3.15. The molecule has 21 heavy (non-hydrogen) atoms. The van der Waals surface area contributed by atoms with Crippen molar-refractivity contribution in [2.45, 2.75) is 18.9 Å². The zero-order valence-electron chi connectivity index (χ0n) is 12.6. The summed E-state index contributed by atoms with van der Waals surface area (Å²) in [4.78, 5) is 2.18. The van der Waals surface area contributed by atoms with Crippen molar-refractivity contribution in [2.75, 3.05) is 34.4 Å². The van der Waals surface area contributed by atoms with Gasteiger partial charge in [0.05, 0.1) is 19.8 Å². The third kappa shape index (κ3) is 3.11. The van der Waals surface area contributed by atoms with Gasteiger partial charge in [-0.25, -0.2) is 8.78 Å². The molecule has 0 spiro atoms. The predicted octanol–water partition coefficient (Wildman–Crippen LogP) is 2.59. The summed E-state index contributed by atoms with van der Waals surface area (Å²) >= 11 is 0. The van der Waals surface area contributed by atoms with Crippen molar-refractivity contribution in [2.24, 2.45) is 11.7 Å². The third-order valence-electron chi connectivity index (χ3n) is 4.14. The minimum atomic E-state index is -2.60. The van der Waals surface area contributed by atoms with Crippen molar-refractivity contribution >= 4 is 0 Å². The highest BCUT2D eigenvalue weighted by molar-refractivity contribution is 5.48. The minimum absolute atomic E-state index is 0.106. The van der Waals surface area contributed by atoms with Gasteiger partial charge in [0.1, 0.15) is 11.5 Å². The van der Waals surface area contributed by atoms with Gasteiger partial charge >= 0.3 is 0 Å². The van der Waals surface area contributed by atoms with E-state index in [-0.39, 0.29) is 17.4 Å². The van der Waals surface area contributed by atoms with E-state index in [4.69, 9.17) is 15.2 Å². The molecule has 0 bridgehead atoms. The van der Waals surface area contributed by atoms with Crippen LogP contribution in [0.1, 0.15) is 30.0 Å². The van der Waals surface area contributed by atoms with Crippen LogP contribution in [-0.2, 0) is 0 Å². The SMILES string of the molecule is COc1cc(C2CC(CN)CN2C)c(OC)cc1C(F)F. The van der Waals surface area contributed by atoms with Gasteiger partial charge in [-0.1, -0.05) is 0 Å². The Bertz CT molecular complexity index is 497. The normalized spacial score (nSPS) is 22.8. The number of nitrogens with zero attached hydrogens (tertiary/aromatic N) is 1. The van der Waals surface area contributed by atoms with Gasteiger partial charge in [0.25, 0.3) is 6.43 Å². The van der Waals surface area contributed by atoms with Gasteiger partial charge in [-0.05, 0) is 38.1 Å². The first-order valence-corrected chi connectivity index (χ1v) is 6.96. The van der Waals surface area contributed by atoms with E-state index in [0.717, 1.165) is 18.5 Å². The molecule has 1 aliphatic rings. The van der Waals surface area contributed by atoms with Gasteiger partial charge in [0, 0.05) is 18.2 Å². The molecule has 0 aromatic heterocycles. The second-order valence-corrected chi connectivity index (χ2v) is 5.43. The molecule has 4 nitrogen and oxygen atoms in total. The Balaban J connectivity index is 2.43. The molecule has 1 aliphatic heterocycles. The third-order valence-corrected chi connectivity index (χ3v) is 4.14. The number of likely N-dealkylation sites (tertiary alicyclic amines) is 1. The summed E-state index contributed by atoms with van der Waals surface area (Å²) in [5.41, 5.74) is 6.47. The number of halogens is 2. The number of ether oxygens (including phenoxy) is 2. The van der Waals surface area contributed by atoms with Crippen LogP contribution in [0, 0.1) is 5.92 Å². The number of hydrogen-bond donors (Lipinski definition) is 1. The number of benzene rings is 1. The van der Waals surface area contributed by atoms with E-state index < -0.39 is 6.43 Å². The fourth-order valence-corrected chi connectivity index (χ4v) is 3.02. The fraction of sp³-hybridized carbons (Fsp3) is 0.600. The maximum absolute atomic E-state index is 13.1. The summed E-state index contributed by atoms with van der Waals surface area (Å²) < 4.78 is 36.6. The van der Waals surface area contributed by atoms with E-state index in [9.17, 15) is 8.78 Å². The van der Waals surface area contributed by atoms with Gasteiger partial charge < -0.3 is 15.2 Å². The molecule has 1 saturated heterocycles. The molecule has 0 aliphatic carbocycles. The van der Waals surface area contributed by atoms with Crippen molar-refractivity contribution in [1.29, 1.82) is 0 Å². The molecule has 1 fully saturated rings. The van der Waals surface area contributed by atoms with Crippen LogP contribution in [0.2, 0.25) is 0 Å².